The number of nitrogens with one attached hydrogen (secondary N) is 1. The van der Waals surface area contributed by atoms with Gasteiger partial charge >= 0.3 is 0 Å². The summed E-state index contributed by atoms with van der Waals surface area (Å²) in [6.45, 7) is 1.72. The lowest BCUT2D eigenvalue weighted by Crippen LogP contribution is -2.20. The van der Waals surface area contributed by atoms with Gasteiger partial charge in [-0.25, -0.2) is 5.43 Å². The molecule has 0 unspecified atom stereocenters. The molecule has 0 atom stereocenters. The van der Waals surface area contributed by atoms with Crippen molar-refractivity contribution in [3.05, 3.63) is 69.8 Å². The molecule has 7 nitrogen and oxygen atoms in total. The zero-order chi connectivity index (χ0) is 16.8. The van der Waals surface area contributed by atoms with Crippen molar-refractivity contribution >= 4 is 17.3 Å². The molecule has 0 saturated carbocycles. The topological polar surface area (TPSA) is 93.8 Å². The molecule has 0 saturated heterocycles. The summed E-state index contributed by atoms with van der Waals surface area (Å²) >= 11 is 0. The van der Waals surface area contributed by atoms with E-state index >= 15 is 0 Å². The van der Waals surface area contributed by atoms with Crippen LogP contribution < -0.4 is 10.2 Å². The average Bonchev–Trinajstić information content (AvgIpc) is 2.59. The van der Waals surface area contributed by atoms with Crippen LogP contribution in [-0.4, -0.2) is 23.7 Å². The van der Waals surface area contributed by atoms with E-state index in [1.54, 1.807) is 44.4 Å². The molecule has 2 aromatic rings. The highest BCUT2D eigenvalue weighted by atomic mass is 16.6. The summed E-state index contributed by atoms with van der Waals surface area (Å²) < 4.78 is 5.07. The van der Waals surface area contributed by atoms with Crippen molar-refractivity contribution in [2.75, 3.05) is 7.11 Å². The molecule has 0 bridgehead atoms. The quantitative estimate of drug-likeness (QED) is 0.521. The first-order chi connectivity index (χ1) is 11.0. The number of nitrogens with zero attached hydrogens (tertiary/aromatic N) is 2. The minimum Gasteiger partial charge on any atom is -0.497 e. The van der Waals surface area contributed by atoms with Crippen molar-refractivity contribution in [3.8, 4) is 5.75 Å². The molecule has 0 aliphatic heterocycles. The number of nitro benzene ring substituents is 1. The zero-order valence-corrected chi connectivity index (χ0v) is 12.6. The van der Waals surface area contributed by atoms with Crippen LogP contribution in [0.25, 0.3) is 0 Å². The largest absolute Gasteiger partial charge is 0.497 e. The third-order valence-electron chi connectivity index (χ3n) is 3.18. The highest BCUT2D eigenvalue weighted by molar-refractivity contribution is 6.02. The van der Waals surface area contributed by atoms with Crippen molar-refractivity contribution in [1.82, 2.24) is 5.43 Å². The SMILES string of the molecule is COc1ccc(/C(C)=N/NC(=O)c2ccccc2[N+](=O)[O-])cc1. The molecule has 0 aromatic heterocycles. The van der Waals surface area contributed by atoms with E-state index in [9.17, 15) is 14.9 Å². The second-order valence-corrected chi connectivity index (χ2v) is 4.64. The Morgan fingerprint density at radius 2 is 1.83 bits per heavy atom. The van der Waals surface area contributed by atoms with Crippen LogP contribution in [0.1, 0.15) is 22.8 Å². The lowest BCUT2D eigenvalue weighted by Gasteiger charge is -2.05. The van der Waals surface area contributed by atoms with Gasteiger partial charge in [0.05, 0.1) is 17.7 Å². The molecule has 0 aliphatic rings. The fourth-order valence-corrected chi connectivity index (χ4v) is 1.92. The van der Waals surface area contributed by atoms with E-state index in [1.165, 1.54) is 18.2 Å². The maximum atomic E-state index is 12.1. The number of rotatable bonds is 5. The van der Waals surface area contributed by atoms with Gasteiger partial charge in [-0.1, -0.05) is 12.1 Å². The summed E-state index contributed by atoms with van der Waals surface area (Å²) in [5.41, 5.74) is 3.40. The Hall–Kier alpha value is -3.22. The summed E-state index contributed by atoms with van der Waals surface area (Å²) in [7, 11) is 1.57. The number of methoxy groups -OCH3 is 1. The van der Waals surface area contributed by atoms with Crippen LogP contribution in [0.3, 0.4) is 0 Å². The Balaban J connectivity index is 2.15. The summed E-state index contributed by atoms with van der Waals surface area (Å²) in [5, 5.41) is 14.9. The Morgan fingerprint density at radius 3 is 2.43 bits per heavy atom. The number of hydrogen-bond acceptors (Lipinski definition) is 5. The second kappa shape index (κ2) is 7.17. The molecule has 2 rings (SSSR count). The van der Waals surface area contributed by atoms with Crippen LogP contribution in [-0.2, 0) is 0 Å². The molecule has 7 heteroatoms. The third kappa shape index (κ3) is 3.91. The molecule has 0 radical (unpaired) electrons. The molecule has 1 N–H and O–H groups in total. The molecule has 23 heavy (non-hydrogen) atoms. The summed E-state index contributed by atoms with van der Waals surface area (Å²) in [6, 6.07) is 12.9. The fraction of sp³-hybridized carbons (Fsp3) is 0.125. The zero-order valence-electron chi connectivity index (χ0n) is 12.6. The van der Waals surface area contributed by atoms with Crippen molar-refractivity contribution in [3.63, 3.8) is 0 Å². The number of carbonyl (C=O) groups excluding carboxylic acids is 1. The van der Waals surface area contributed by atoms with E-state index in [1.807, 2.05) is 0 Å². The van der Waals surface area contributed by atoms with E-state index in [2.05, 4.69) is 10.5 Å². The fourth-order valence-electron chi connectivity index (χ4n) is 1.92. The first-order valence-corrected chi connectivity index (χ1v) is 6.75. The number of hydrogen-bond donors (Lipinski definition) is 1. The van der Waals surface area contributed by atoms with Gasteiger partial charge in [-0.15, -0.1) is 0 Å². The van der Waals surface area contributed by atoms with Gasteiger partial charge in [0.1, 0.15) is 11.3 Å². The standard InChI is InChI=1S/C16H15N3O4/c1-11(12-7-9-13(23-2)10-8-12)17-18-16(20)14-5-3-4-6-15(14)19(21)22/h3-10H,1-2H3,(H,18,20)/b17-11+. The Kier molecular flexibility index (Phi) is 5.03. The molecule has 118 valence electrons. The van der Waals surface area contributed by atoms with Gasteiger partial charge in [0.2, 0.25) is 0 Å². The van der Waals surface area contributed by atoms with Crippen LogP contribution in [0.4, 0.5) is 5.69 Å². The minimum atomic E-state index is -0.634. The maximum absolute atomic E-state index is 12.1. The van der Waals surface area contributed by atoms with Crippen LogP contribution >= 0.6 is 0 Å². The van der Waals surface area contributed by atoms with Crippen molar-refractivity contribution in [2.45, 2.75) is 6.92 Å². The van der Waals surface area contributed by atoms with Crippen LogP contribution in [0, 0.1) is 10.1 Å². The first-order valence-electron chi connectivity index (χ1n) is 6.75. The van der Waals surface area contributed by atoms with E-state index in [0.29, 0.717) is 11.5 Å². The molecule has 0 aliphatic carbocycles. The van der Waals surface area contributed by atoms with Gasteiger partial charge in [0.15, 0.2) is 0 Å². The van der Waals surface area contributed by atoms with Crippen LogP contribution in [0.5, 0.6) is 5.75 Å². The normalized spacial score (nSPS) is 11.0. The number of carbonyl (C=O) groups is 1. The van der Waals surface area contributed by atoms with E-state index in [4.69, 9.17) is 4.74 Å². The second-order valence-electron chi connectivity index (χ2n) is 4.64. The van der Waals surface area contributed by atoms with E-state index in [0.717, 1.165) is 5.56 Å². The van der Waals surface area contributed by atoms with Gasteiger partial charge in [-0.3, -0.25) is 14.9 Å². The Bertz CT molecular complexity index is 754. The molecular formula is C16H15N3O4. The summed E-state index contributed by atoms with van der Waals surface area (Å²) in [6.07, 6.45) is 0. The van der Waals surface area contributed by atoms with E-state index < -0.39 is 10.8 Å². The molecule has 1 amide bonds. The number of amides is 1. The lowest BCUT2D eigenvalue weighted by molar-refractivity contribution is -0.385. The van der Waals surface area contributed by atoms with Gasteiger partial charge in [-0.2, -0.15) is 5.10 Å². The summed E-state index contributed by atoms with van der Waals surface area (Å²) in [4.78, 5) is 22.4. The van der Waals surface area contributed by atoms with Crippen molar-refractivity contribution in [1.29, 1.82) is 0 Å². The first kappa shape index (κ1) is 16.2. The molecule has 2 aromatic carbocycles. The van der Waals surface area contributed by atoms with Gasteiger partial charge in [-0.05, 0) is 42.8 Å². The Labute approximate surface area is 132 Å². The van der Waals surface area contributed by atoms with Crippen LogP contribution in [0.15, 0.2) is 53.6 Å². The van der Waals surface area contributed by atoms with Crippen molar-refractivity contribution in [2.24, 2.45) is 5.10 Å². The van der Waals surface area contributed by atoms with Crippen molar-refractivity contribution < 1.29 is 14.5 Å². The predicted octanol–water partition coefficient (Wildman–Crippen LogP) is 2.76. The van der Waals surface area contributed by atoms with E-state index in [-0.39, 0.29) is 11.3 Å². The molecule has 0 fully saturated rings. The highest BCUT2D eigenvalue weighted by Gasteiger charge is 2.18. The van der Waals surface area contributed by atoms with Gasteiger partial charge in [0.25, 0.3) is 11.6 Å². The maximum Gasteiger partial charge on any atom is 0.282 e. The number of para-hydroxylation sites is 1. The van der Waals surface area contributed by atoms with Gasteiger partial charge in [0, 0.05) is 6.07 Å². The minimum absolute atomic E-state index is 0.0382. The van der Waals surface area contributed by atoms with Gasteiger partial charge < -0.3 is 4.74 Å². The van der Waals surface area contributed by atoms with Crippen LogP contribution in [0.2, 0.25) is 0 Å². The predicted molar refractivity (Wildman–Crippen MR) is 85.8 cm³/mol. The molecule has 0 heterocycles. The highest BCUT2D eigenvalue weighted by Crippen LogP contribution is 2.17. The number of benzene rings is 2. The lowest BCUT2D eigenvalue weighted by atomic mass is 10.1. The Morgan fingerprint density at radius 1 is 1.17 bits per heavy atom. The monoisotopic (exact) mass is 313 g/mol. The third-order valence-corrected chi connectivity index (χ3v) is 3.18. The molecular weight excluding hydrogens is 298 g/mol. The average molecular weight is 313 g/mol. The molecule has 0 spiro atoms. The summed E-state index contributed by atoms with van der Waals surface area (Å²) in [5.74, 6) is 0.0793. The smallest absolute Gasteiger partial charge is 0.282 e. The number of hydrazone groups is 1. The number of nitro groups is 1. The number of ether oxygens (including phenoxy) is 1.